The Hall–Kier alpha value is -1.16. The number of anilines is 1. The molecular formula is C15H24N4. The Bertz CT molecular complexity index is 410. The molecule has 1 aromatic rings. The number of rotatable bonds is 5. The van der Waals surface area contributed by atoms with Crippen molar-refractivity contribution in [1.29, 1.82) is 0 Å². The largest absolute Gasteiger partial charge is 0.355 e. The summed E-state index contributed by atoms with van der Waals surface area (Å²) in [5.41, 5.74) is 1.06. The monoisotopic (exact) mass is 260 g/mol. The molecule has 3 rings (SSSR count). The van der Waals surface area contributed by atoms with Gasteiger partial charge in [0.15, 0.2) is 0 Å². The standard InChI is InChI=1S/C15H24N4/c1-19(14-5-3-2-4-6-14)15-11-16-9-13(18-15)10-17-12-7-8-12/h9,11-12,14,17H,2-8,10H2,1H3. The Labute approximate surface area is 115 Å². The Morgan fingerprint density at radius 1 is 1.16 bits per heavy atom. The summed E-state index contributed by atoms with van der Waals surface area (Å²) in [5, 5.41) is 3.50. The predicted molar refractivity (Wildman–Crippen MR) is 77.2 cm³/mol. The molecule has 0 radical (unpaired) electrons. The first-order chi connectivity index (χ1) is 9.33. The van der Waals surface area contributed by atoms with Gasteiger partial charge in [0.2, 0.25) is 0 Å². The minimum atomic E-state index is 0.648. The van der Waals surface area contributed by atoms with Gasteiger partial charge in [0.1, 0.15) is 5.82 Å². The Morgan fingerprint density at radius 3 is 2.68 bits per heavy atom. The summed E-state index contributed by atoms with van der Waals surface area (Å²) in [6.07, 6.45) is 13.1. The highest BCUT2D eigenvalue weighted by molar-refractivity contribution is 5.36. The quantitative estimate of drug-likeness (QED) is 0.883. The number of nitrogens with one attached hydrogen (secondary N) is 1. The van der Waals surface area contributed by atoms with Crippen LogP contribution in [0.15, 0.2) is 12.4 Å². The topological polar surface area (TPSA) is 41.1 Å². The molecule has 1 heterocycles. The predicted octanol–water partition coefficient (Wildman–Crippen LogP) is 2.50. The first kappa shape index (κ1) is 12.9. The van der Waals surface area contributed by atoms with E-state index in [1.165, 1.54) is 44.9 Å². The molecule has 1 N–H and O–H groups in total. The Morgan fingerprint density at radius 2 is 1.95 bits per heavy atom. The van der Waals surface area contributed by atoms with E-state index < -0.39 is 0 Å². The van der Waals surface area contributed by atoms with Gasteiger partial charge in [0, 0.05) is 31.9 Å². The normalized spacial score (nSPS) is 20.5. The van der Waals surface area contributed by atoms with Gasteiger partial charge >= 0.3 is 0 Å². The summed E-state index contributed by atoms with van der Waals surface area (Å²) in [4.78, 5) is 11.4. The minimum Gasteiger partial charge on any atom is -0.355 e. The molecule has 19 heavy (non-hydrogen) atoms. The smallest absolute Gasteiger partial charge is 0.147 e. The van der Waals surface area contributed by atoms with Crippen molar-refractivity contribution >= 4 is 5.82 Å². The number of aromatic nitrogens is 2. The van der Waals surface area contributed by atoms with Crippen LogP contribution in [0.25, 0.3) is 0 Å². The second-order valence-electron chi connectivity index (χ2n) is 5.93. The molecule has 0 spiro atoms. The fourth-order valence-corrected chi connectivity index (χ4v) is 2.84. The van der Waals surface area contributed by atoms with Gasteiger partial charge in [-0.2, -0.15) is 0 Å². The maximum Gasteiger partial charge on any atom is 0.147 e. The van der Waals surface area contributed by atoms with Gasteiger partial charge in [-0.05, 0) is 25.7 Å². The van der Waals surface area contributed by atoms with E-state index in [4.69, 9.17) is 4.98 Å². The molecule has 2 aliphatic rings. The summed E-state index contributed by atoms with van der Waals surface area (Å²) in [5.74, 6) is 1.03. The highest BCUT2D eigenvalue weighted by atomic mass is 15.2. The van der Waals surface area contributed by atoms with Gasteiger partial charge in [-0.3, -0.25) is 4.98 Å². The lowest BCUT2D eigenvalue weighted by Crippen LogP contribution is -2.34. The maximum atomic E-state index is 4.75. The molecule has 2 aliphatic carbocycles. The van der Waals surface area contributed by atoms with Gasteiger partial charge in [0.25, 0.3) is 0 Å². The fraction of sp³-hybridized carbons (Fsp3) is 0.733. The van der Waals surface area contributed by atoms with Crippen molar-refractivity contribution in [1.82, 2.24) is 15.3 Å². The average molecular weight is 260 g/mol. The van der Waals surface area contributed by atoms with Crippen molar-refractivity contribution in [2.75, 3.05) is 11.9 Å². The first-order valence-corrected chi connectivity index (χ1v) is 7.60. The molecule has 2 fully saturated rings. The first-order valence-electron chi connectivity index (χ1n) is 7.60. The van der Waals surface area contributed by atoms with E-state index >= 15 is 0 Å². The second kappa shape index (κ2) is 5.87. The van der Waals surface area contributed by atoms with Crippen molar-refractivity contribution < 1.29 is 0 Å². The molecule has 0 aromatic carbocycles. The van der Waals surface area contributed by atoms with Crippen LogP contribution >= 0.6 is 0 Å². The van der Waals surface area contributed by atoms with Crippen molar-refractivity contribution in [2.24, 2.45) is 0 Å². The van der Waals surface area contributed by atoms with Crippen molar-refractivity contribution in [2.45, 2.75) is 63.6 Å². The molecule has 4 heteroatoms. The van der Waals surface area contributed by atoms with E-state index in [1.54, 1.807) is 0 Å². The summed E-state index contributed by atoms with van der Waals surface area (Å²) >= 11 is 0. The van der Waals surface area contributed by atoms with Crippen molar-refractivity contribution in [3.8, 4) is 0 Å². The SMILES string of the molecule is CN(c1cncc(CNC2CC2)n1)C1CCCCC1. The van der Waals surface area contributed by atoms with Crippen LogP contribution in [0.3, 0.4) is 0 Å². The summed E-state index contributed by atoms with van der Waals surface area (Å²) in [7, 11) is 2.16. The maximum absolute atomic E-state index is 4.75. The zero-order chi connectivity index (χ0) is 13.1. The van der Waals surface area contributed by atoms with Gasteiger partial charge in [0.05, 0.1) is 11.9 Å². The van der Waals surface area contributed by atoms with Crippen LogP contribution in [0.2, 0.25) is 0 Å². The van der Waals surface area contributed by atoms with Crippen molar-refractivity contribution in [3.05, 3.63) is 18.1 Å². The van der Waals surface area contributed by atoms with E-state index in [2.05, 4.69) is 22.2 Å². The average Bonchev–Trinajstić information content (AvgIpc) is 3.30. The van der Waals surface area contributed by atoms with Crippen LogP contribution in [0.1, 0.15) is 50.6 Å². The number of hydrogen-bond donors (Lipinski definition) is 1. The van der Waals surface area contributed by atoms with Gasteiger partial charge in [-0.15, -0.1) is 0 Å². The second-order valence-corrected chi connectivity index (χ2v) is 5.93. The van der Waals surface area contributed by atoms with E-state index in [-0.39, 0.29) is 0 Å². The van der Waals surface area contributed by atoms with Crippen LogP contribution in [-0.2, 0) is 6.54 Å². The minimum absolute atomic E-state index is 0.648. The summed E-state index contributed by atoms with van der Waals surface area (Å²) < 4.78 is 0. The summed E-state index contributed by atoms with van der Waals surface area (Å²) in [6, 6.07) is 1.37. The molecule has 1 aromatic heterocycles. The van der Waals surface area contributed by atoms with Gasteiger partial charge in [-0.1, -0.05) is 19.3 Å². The molecule has 104 valence electrons. The lowest BCUT2D eigenvalue weighted by atomic mass is 9.94. The Balaban J connectivity index is 1.63. The number of nitrogens with zero attached hydrogens (tertiary/aromatic N) is 3. The van der Waals surface area contributed by atoms with E-state index in [9.17, 15) is 0 Å². The zero-order valence-electron chi connectivity index (χ0n) is 11.8. The van der Waals surface area contributed by atoms with Crippen LogP contribution in [0.5, 0.6) is 0 Å². The zero-order valence-corrected chi connectivity index (χ0v) is 11.8. The molecule has 0 amide bonds. The highest BCUT2D eigenvalue weighted by Crippen LogP contribution is 2.25. The molecule has 2 saturated carbocycles. The molecule has 0 saturated heterocycles. The van der Waals surface area contributed by atoms with E-state index in [1.807, 2.05) is 12.4 Å². The highest BCUT2D eigenvalue weighted by Gasteiger charge is 2.21. The lowest BCUT2D eigenvalue weighted by Gasteiger charge is -2.32. The van der Waals surface area contributed by atoms with Crippen LogP contribution < -0.4 is 10.2 Å². The third-order valence-electron chi connectivity index (χ3n) is 4.30. The molecule has 4 nitrogen and oxygen atoms in total. The third kappa shape index (κ3) is 3.44. The fourth-order valence-electron chi connectivity index (χ4n) is 2.84. The molecular weight excluding hydrogens is 236 g/mol. The third-order valence-corrected chi connectivity index (χ3v) is 4.30. The Kier molecular flexibility index (Phi) is 3.97. The molecule has 0 bridgehead atoms. The molecule has 0 aliphatic heterocycles. The number of hydrogen-bond acceptors (Lipinski definition) is 4. The molecule has 0 unspecified atom stereocenters. The van der Waals surface area contributed by atoms with Crippen LogP contribution in [-0.4, -0.2) is 29.1 Å². The summed E-state index contributed by atoms with van der Waals surface area (Å²) in [6.45, 7) is 0.851. The lowest BCUT2D eigenvalue weighted by molar-refractivity contribution is 0.425. The van der Waals surface area contributed by atoms with E-state index in [0.717, 1.165) is 24.1 Å². The van der Waals surface area contributed by atoms with E-state index in [0.29, 0.717) is 6.04 Å². The van der Waals surface area contributed by atoms with Crippen LogP contribution in [0.4, 0.5) is 5.82 Å². The van der Waals surface area contributed by atoms with Crippen molar-refractivity contribution in [3.63, 3.8) is 0 Å². The van der Waals surface area contributed by atoms with Gasteiger partial charge in [-0.25, -0.2) is 4.98 Å². The van der Waals surface area contributed by atoms with Crippen LogP contribution in [0, 0.1) is 0 Å². The molecule has 0 atom stereocenters. The van der Waals surface area contributed by atoms with Gasteiger partial charge < -0.3 is 10.2 Å².